The maximum absolute atomic E-state index is 12.3. The van der Waals surface area contributed by atoms with E-state index in [-0.39, 0.29) is 41.3 Å². The standard InChI is InChI=1S/C22H32O5S/c1-20-10-17(24)18-15(16(20)6-7-22(20,27)19(25)26)5-4-12-8-14(23)9-13(11-28-3)21(12,18)2/h8,13,15-18,24,27H,4-7,9-11H2,1-3H3,(H,25,26)/t13?,15?,16?,17-,18?,20?,21?,22-/m0/s1. The monoisotopic (exact) mass is 408 g/mol. The second-order valence-electron chi connectivity index (χ2n) is 10.0. The predicted octanol–water partition coefficient (Wildman–Crippen LogP) is 2.89. The zero-order chi connectivity index (χ0) is 20.5. The van der Waals surface area contributed by atoms with Gasteiger partial charge in [0.25, 0.3) is 0 Å². The number of fused-ring (bicyclic) bond motifs is 5. The van der Waals surface area contributed by atoms with Crippen LogP contribution in [0.3, 0.4) is 0 Å². The van der Waals surface area contributed by atoms with Crippen LogP contribution in [0.25, 0.3) is 0 Å². The molecule has 156 valence electrons. The summed E-state index contributed by atoms with van der Waals surface area (Å²) in [6, 6.07) is 0. The van der Waals surface area contributed by atoms with Gasteiger partial charge in [-0.1, -0.05) is 19.4 Å². The zero-order valence-corrected chi connectivity index (χ0v) is 17.8. The fourth-order valence-electron chi connectivity index (χ4n) is 7.66. The molecule has 0 aliphatic heterocycles. The first-order chi connectivity index (χ1) is 13.1. The van der Waals surface area contributed by atoms with Gasteiger partial charge in [0.1, 0.15) is 0 Å². The lowest BCUT2D eigenvalue weighted by Crippen LogP contribution is -2.63. The fraction of sp³-hybridized carbons (Fsp3) is 0.818. The van der Waals surface area contributed by atoms with Crippen molar-refractivity contribution in [3.8, 4) is 0 Å². The minimum atomic E-state index is -1.76. The number of hydrogen-bond donors (Lipinski definition) is 3. The van der Waals surface area contributed by atoms with Gasteiger partial charge in [0.15, 0.2) is 11.4 Å². The van der Waals surface area contributed by atoms with Crippen LogP contribution in [-0.4, -0.2) is 50.8 Å². The molecule has 4 aliphatic carbocycles. The lowest BCUT2D eigenvalue weighted by Gasteiger charge is -2.62. The molecule has 3 saturated carbocycles. The molecular weight excluding hydrogens is 376 g/mol. The van der Waals surface area contributed by atoms with E-state index in [4.69, 9.17) is 0 Å². The van der Waals surface area contributed by atoms with Gasteiger partial charge in [-0.3, -0.25) is 4.79 Å². The number of aliphatic hydroxyl groups is 2. The van der Waals surface area contributed by atoms with Crippen LogP contribution in [0.2, 0.25) is 0 Å². The third-order valence-corrected chi connectivity index (χ3v) is 9.83. The molecule has 0 amide bonds. The van der Waals surface area contributed by atoms with E-state index < -0.39 is 23.1 Å². The van der Waals surface area contributed by atoms with Crippen molar-refractivity contribution in [3.05, 3.63) is 11.6 Å². The molecule has 6 unspecified atom stereocenters. The summed E-state index contributed by atoms with van der Waals surface area (Å²) in [7, 11) is 0. The van der Waals surface area contributed by atoms with Gasteiger partial charge < -0.3 is 15.3 Å². The predicted molar refractivity (Wildman–Crippen MR) is 108 cm³/mol. The number of carboxylic acid groups (broad SMARTS) is 1. The lowest BCUT2D eigenvalue weighted by atomic mass is 9.44. The Kier molecular flexibility index (Phi) is 4.80. The number of aliphatic carboxylic acids is 1. The second kappa shape index (κ2) is 6.58. The summed E-state index contributed by atoms with van der Waals surface area (Å²) in [5.41, 5.74) is -1.62. The number of carbonyl (C=O) groups excluding carboxylic acids is 1. The third-order valence-electron chi connectivity index (χ3n) is 9.09. The molecule has 8 atom stereocenters. The van der Waals surface area contributed by atoms with E-state index >= 15 is 0 Å². The number of carboxylic acids is 1. The number of hydrogen-bond acceptors (Lipinski definition) is 5. The number of aliphatic hydroxyl groups excluding tert-OH is 1. The Hall–Kier alpha value is -0.850. The topological polar surface area (TPSA) is 94.8 Å². The second-order valence-corrected chi connectivity index (χ2v) is 10.9. The fourth-order valence-corrected chi connectivity index (χ4v) is 8.53. The SMILES string of the molecule is CSCC1CC(=O)C=C2CCC3C([C@@H](O)CC4(C)C3CC[C@]4(O)C(=O)O)C21C. The Morgan fingerprint density at radius 2 is 2.04 bits per heavy atom. The summed E-state index contributed by atoms with van der Waals surface area (Å²) in [5, 5.41) is 32.1. The van der Waals surface area contributed by atoms with Crippen molar-refractivity contribution >= 4 is 23.5 Å². The molecule has 0 radical (unpaired) electrons. The Balaban J connectivity index is 1.77. The van der Waals surface area contributed by atoms with Crippen molar-refractivity contribution in [2.45, 2.75) is 64.1 Å². The first-order valence-electron chi connectivity index (χ1n) is 10.5. The Bertz CT molecular complexity index is 734. The molecule has 3 fully saturated rings. The van der Waals surface area contributed by atoms with Crippen LogP contribution in [0.1, 0.15) is 52.4 Å². The van der Waals surface area contributed by atoms with Crippen LogP contribution < -0.4 is 0 Å². The van der Waals surface area contributed by atoms with Crippen LogP contribution in [0, 0.1) is 34.5 Å². The first kappa shape index (κ1) is 20.4. The van der Waals surface area contributed by atoms with Gasteiger partial charge in [0.2, 0.25) is 0 Å². The highest BCUT2D eigenvalue weighted by atomic mass is 32.2. The van der Waals surface area contributed by atoms with Gasteiger partial charge in [-0.05, 0) is 79.3 Å². The van der Waals surface area contributed by atoms with Crippen molar-refractivity contribution in [2.75, 3.05) is 12.0 Å². The van der Waals surface area contributed by atoms with E-state index in [0.717, 1.165) is 18.6 Å². The maximum Gasteiger partial charge on any atom is 0.336 e. The van der Waals surface area contributed by atoms with Gasteiger partial charge in [-0.25, -0.2) is 4.79 Å². The molecule has 0 heterocycles. The minimum absolute atomic E-state index is 0.0203. The van der Waals surface area contributed by atoms with Gasteiger partial charge >= 0.3 is 5.97 Å². The van der Waals surface area contributed by atoms with E-state index in [2.05, 4.69) is 13.2 Å². The molecule has 4 aliphatic rings. The van der Waals surface area contributed by atoms with Crippen LogP contribution in [0.15, 0.2) is 11.6 Å². The molecule has 0 aromatic heterocycles. The molecule has 3 N–H and O–H groups in total. The lowest BCUT2D eigenvalue weighted by molar-refractivity contribution is -0.197. The van der Waals surface area contributed by atoms with E-state index in [1.165, 1.54) is 5.57 Å². The highest BCUT2D eigenvalue weighted by Crippen LogP contribution is 2.68. The van der Waals surface area contributed by atoms with Crippen molar-refractivity contribution in [3.63, 3.8) is 0 Å². The average molecular weight is 409 g/mol. The zero-order valence-electron chi connectivity index (χ0n) is 17.0. The summed E-state index contributed by atoms with van der Waals surface area (Å²) in [5.74, 6) is 0.412. The molecule has 6 heteroatoms. The molecule has 0 saturated heterocycles. The number of carbonyl (C=O) groups is 2. The van der Waals surface area contributed by atoms with Crippen molar-refractivity contribution in [2.24, 2.45) is 34.5 Å². The molecule has 4 rings (SSSR count). The van der Waals surface area contributed by atoms with Crippen molar-refractivity contribution < 1.29 is 24.9 Å². The van der Waals surface area contributed by atoms with Gasteiger partial charge in [-0.2, -0.15) is 11.8 Å². The summed E-state index contributed by atoms with van der Waals surface area (Å²) < 4.78 is 0. The van der Waals surface area contributed by atoms with Crippen LogP contribution >= 0.6 is 11.8 Å². The summed E-state index contributed by atoms with van der Waals surface area (Å²) in [6.45, 7) is 4.10. The summed E-state index contributed by atoms with van der Waals surface area (Å²) in [6.07, 6.45) is 6.70. The highest BCUT2D eigenvalue weighted by molar-refractivity contribution is 7.98. The molecule has 5 nitrogen and oxygen atoms in total. The Morgan fingerprint density at radius 3 is 2.68 bits per heavy atom. The van der Waals surface area contributed by atoms with Crippen LogP contribution in [0.5, 0.6) is 0 Å². The van der Waals surface area contributed by atoms with Gasteiger partial charge in [-0.15, -0.1) is 0 Å². The Labute approximate surface area is 171 Å². The van der Waals surface area contributed by atoms with Gasteiger partial charge in [0, 0.05) is 11.8 Å². The number of allylic oxidation sites excluding steroid dienone is 1. The molecule has 0 bridgehead atoms. The Morgan fingerprint density at radius 1 is 1.32 bits per heavy atom. The molecule has 0 aromatic rings. The van der Waals surface area contributed by atoms with Crippen molar-refractivity contribution in [1.29, 1.82) is 0 Å². The van der Waals surface area contributed by atoms with Crippen LogP contribution in [0.4, 0.5) is 0 Å². The normalized spacial score (nSPS) is 50.4. The van der Waals surface area contributed by atoms with E-state index in [1.807, 2.05) is 13.0 Å². The molecular formula is C22H32O5S. The van der Waals surface area contributed by atoms with Crippen LogP contribution in [-0.2, 0) is 9.59 Å². The first-order valence-corrected chi connectivity index (χ1v) is 11.9. The number of thioether (sulfide) groups is 1. The minimum Gasteiger partial charge on any atom is -0.479 e. The van der Waals surface area contributed by atoms with E-state index in [1.54, 1.807) is 11.8 Å². The highest BCUT2D eigenvalue weighted by Gasteiger charge is 2.69. The number of ketones is 1. The summed E-state index contributed by atoms with van der Waals surface area (Å²) in [4.78, 5) is 24.3. The van der Waals surface area contributed by atoms with E-state index in [0.29, 0.717) is 19.3 Å². The molecule has 0 spiro atoms. The quantitative estimate of drug-likeness (QED) is 0.665. The smallest absolute Gasteiger partial charge is 0.336 e. The third kappa shape index (κ3) is 2.46. The van der Waals surface area contributed by atoms with Crippen molar-refractivity contribution in [1.82, 2.24) is 0 Å². The molecule has 28 heavy (non-hydrogen) atoms. The number of rotatable bonds is 3. The summed E-state index contributed by atoms with van der Waals surface area (Å²) >= 11 is 1.75. The largest absolute Gasteiger partial charge is 0.479 e. The average Bonchev–Trinajstić information content (AvgIpc) is 2.88. The maximum atomic E-state index is 12.3. The molecule has 0 aromatic carbocycles. The van der Waals surface area contributed by atoms with Gasteiger partial charge in [0.05, 0.1) is 6.10 Å². The van der Waals surface area contributed by atoms with E-state index in [9.17, 15) is 24.9 Å².